The zero-order valence-electron chi connectivity index (χ0n) is 26.2. The highest BCUT2D eigenvalue weighted by Gasteiger charge is 2.63. The van der Waals surface area contributed by atoms with E-state index >= 15 is 0 Å². The molecule has 1 aliphatic carbocycles. The van der Waals surface area contributed by atoms with Crippen molar-refractivity contribution in [3.63, 3.8) is 0 Å². The van der Waals surface area contributed by atoms with E-state index in [0.717, 1.165) is 6.92 Å². The van der Waals surface area contributed by atoms with Gasteiger partial charge in [0, 0.05) is 18.9 Å². The lowest BCUT2D eigenvalue weighted by Crippen LogP contribution is -2.71. The van der Waals surface area contributed by atoms with Crippen molar-refractivity contribution in [1.82, 2.24) is 0 Å². The van der Waals surface area contributed by atoms with Gasteiger partial charge in [0.2, 0.25) is 0 Å². The Morgan fingerprint density at radius 2 is 1.52 bits per heavy atom. The maximum Gasteiger partial charge on any atom is 0.333 e. The summed E-state index contributed by atoms with van der Waals surface area (Å²) in [5.41, 5.74) is -3.68. The summed E-state index contributed by atoms with van der Waals surface area (Å²) in [6.45, 7) is 18.3. The third kappa shape index (κ3) is 8.85. The van der Waals surface area contributed by atoms with Gasteiger partial charge in [-0.25, -0.2) is 4.79 Å². The zero-order chi connectivity index (χ0) is 32.9. The summed E-state index contributed by atoms with van der Waals surface area (Å²) in [6, 6.07) is 0. The predicted octanol–water partition coefficient (Wildman–Crippen LogP) is 1.75. The van der Waals surface area contributed by atoms with E-state index in [1.165, 1.54) is 33.8 Å². The number of carbonyl (C=O) groups is 4. The molecule has 12 nitrogen and oxygen atoms in total. The van der Waals surface area contributed by atoms with E-state index in [0.29, 0.717) is 0 Å². The molecule has 0 aliphatic heterocycles. The highest BCUT2D eigenvalue weighted by molar-refractivity contribution is 5.87. The van der Waals surface area contributed by atoms with Crippen LogP contribution < -0.4 is 0 Å². The van der Waals surface area contributed by atoms with Gasteiger partial charge in [0.1, 0.15) is 18.3 Å². The molecule has 42 heavy (non-hydrogen) atoms. The van der Waals surface area contributed by atoms with Gasteiger partial charge in [0.05, 0.1) is 29.5 Å². The van der Waals surface area contributed by atoms with Crippen LogP contribution in [0.25, 0.3) is 0 Å². The Morgan fingerprint density at radius 3 is 1.95 bits per heavy atom. The summed E-state index contributed by atoms with van der Waals surface area (Å²) in [5, 5.41) is 44.2. The number of hydrogen-bond donors (Lipinski definition) is 4. The van der Waals surface area contributed by atoms with Crippen LogP contribution in [-0.4, -0.2) is 92.1 Å². The van der Waals surface area contributed by atoms with Crippen LogP contribution in [0.4, 0.5) is 0 Å². The molecular weight excluding hydrogens is 552 g/mol. The topological polar surface area (TPSA) is 186 Å². The Morgan fingerprint density at radius 1 is 1.00 bits per heavy atom. The lowest BCUT2D eigenvalue weighted by atomic mass is 9.67. The van der Waals surface area contributed by atoms with Crippen molar-refractivity contribution in [1.29, 1.82) is 0 Å². The van der Waals surface area contributed by atoms with Gasteiger partial charge in [-0.1, -0.05) is 40.3 Å². The van der Waals surface area contributed by atoms with Crippen molar-refractivity contribution in [3.8, 4) is 0 Å². The molecule has 0 aromatic heterocycles. The largest absolute Gasteiger partial charge is 0.458 e. The predicted molar refractivity (Wildman–Crippen MR) is 150 cm³/mol. The van der Waals surface area contributed by atoms with Crippen LogP contribution in [0.5, 0.6) is 0 Å². The first kappa shape index (κ1) is 37.2. The van der Waals surface area contributed by atoms with E-state index < -0.39 is 89.5 Å². The van der Waals surface area contributed by atoms with Gasteiger partial charge in [-0.2, -0.15) is 0 Å². The maximum absolute atomic E-state index is 12.9. The third-order valence-electron chi connectivity index (χ3n) is 7.39. The molecule has 0 bridgehead atoms. The quantitative estimate of drug-likeness (QED) is 0.110. The number of carbonyl (C=O) groups excluding carboxylic acids is 4. The molecule has 0 heterocycles. The van der Waals surface area contributed by atoms with E-state index in [2.05, 4.69) is 6.58 Å². The molecule has 0 aromatic rings. The lowest BCUT2D eigenvalue weighted by Gasteiger charge is -2.52. The fraction of sp³-hybridized carbons (Fsp3) is 0.733. The molecule has 0 saturated heterocycles. The number of hydrogen-bond acceptors (Lipinski definition) is 12. The van der Waals surface area contributed by atoms with E-state index in [1.807, 2.05) is 0 Å². The molecule has 0 amide bonds. The fourth-order valence-corrected chi connectivity index (χ4v) is 4.44. The van der Waals surface area contributed by atoms with Crippen molar-refractivity contribution in [2.24, 2.45) is 17.8 Å². The monoisotopic (exact) mass is 600 g/mol. The van der Waals surface area contributed by atoms with Crippen LogP contribution in [0.1, 0.15) is 75.7 Å². The molecule has 8 atom stereocenters. The molecule has 12 heteroatoms. The first-order chi connectivity index (χ1) is 19.1. The second-order valence-electron chi connectivity index (χ2n) is 12.2. The van der Waals surface area contributed by atoms with Crippen molar-refractivity contribution < 1.29 is 58.6 Å². The van der Waals surface area contributed by atoms with E-state index in [1.54, 1.807) is 34.6 Å². The summed E-state index contributed by atoms with van der Waals surface area (Å²) in [4.78, 5) is 50.6. The van der Waals surface area contributed by atoms with Gasteiger partial charge in [0.25, 0.3) is 0 Å². The van der Waals surface area contributed by atoms with Crippen LogP contribution in [-0.2, 0) is 38.1 Å². The molecule has 1 saturated carbocycles. The first-order valence-corrected chi connectivity index (χ1v) is 14.0. The SMILES string of the molecule is C=C([C@H]1[C@H](O)[C@H](OC(=O)/C(C)=C\C)[C@@H](O)[C@@](C)(OC(C)=O)[C@H]1OC(=O)C(C)C)[C@@H](C[C@H](O)C(C)(C)O)OC(=O)C(C)C. The van der Waals surface area contributed by atoms with Crippen LogP contribution in [0.3, 0.4) is 0 Å². The minimum atomic E-state index is -2.10. The average molecular weight is 601 g/mol. The van der Waals surface area contributed by atoms with Crippen LogP contribution in [0.15, 0.2) is 23.8 Å². The van der Waals surface area contributed by atoms with Crippen molar-refractivity contribution in [3.05, 3.63) is 23.8 Å². The Labute approximate surface area is 247 Å². The molecule has 1 fully saturated rings. The van der Waals surface area contributed by atoms with E-state index in [-0.39, 0.29) is 17.6 Å². The number of esters is 4. The molecule has 4 N–H and O–H groups in total. The molecule has 0 unspecified atom stereocenters. The molecule has 1 rings (SSSR count). The molecule has 0 aromatic carbocycles. The van der Waals surface area contributed by atoms with Crippen molar-refractivity contribution in [2.45, 2.75) is 123 Å². The molecule has 0 radical (unpaired) electrons. The first-order valence-electron chi connectivity index (χ1n) is 14.0. The number of rotatable bonds is 12. The zero-order valence-corrected chi connectivity index (χ0v) is 26.2. The second-order valence-corrected chi connectivity index (χ2v) is 12.2. The summed E-state index contributed by atoms with van der Waals surface area (Å²) >= 11 is 0. The highest BCUT2D eigenvalue weighted by Crippen LogP contribution is 2.44. The summed E-state index contributed by atoms with van der Waals surface area (Å²) in [5.74, 6) is -6.00. The minimum Gasteiger partial charge on any atom is -0.458 e. The summed E-state index contributed by atoms with van der Waals surface area (Å²) < 4.78 is 22.4. The lowest BCUT2D eigenvalue weighted by molar-refractivity contribution is -0.263. The van der Waals surface area contributed by atoms with E-state index in [4.69, 9.17) is 18.9 Å². The number of aliphatic hydroxyl groups is 4. The van der Waals surface area contributed by atoms with Gasteiger partial charge in [0.15, 0.2) is 17.8 Å². The minimum absolute atomic E-state index is 0.101. The smallest absolute Gasteiger partial charge is 0.333 e. The number of allylic oxidation sites excluding steroid dienone is 1. The molecular formula is C30H48O12. The fourth-order valence-electron chi connectivity index (χ4n) is 4.44. The summed E-state index contributed by atoms with van der Waals surface area (Å²) in [7, 11) is 0. The van der Waals surface area contributed by atoms with Crippen LogP contribution >= 0.6 is 0 Å². The molecule has 1 aliphatic rings. The normalized spacial score (nSPS) is 28.1. The number of ether oxygens (including phenoxy) is 4. The maximum atomic E-state index is 12.9. The van der Waals surface area contributed by atoms with Crippen molar-refractivity contribution >= 4 is 23.9 Å². The Hall–Kier alpha value is -2.80. The second kappa shape index (κ2) is 14.6. The Kier molecular flexibility index (Phi) is 12.9. The summed E-state index contributed by atoms with van der Waals surface area (Å²) in [6.07, 6.45) is -8.81. The van der Waals surface area contributed by atoms with E-state index in [9.17, 15) is 39.6 Å². The van der Waals surface area contributed by atoms with Crippen molar-refractivity contribution in [2.75, 3.05) is 0 Å². The third-order valence-corrected chi connectivity index (χ3v) is 7.39. The molecule has 0 spiro atoms. The van der Waals surface area contributed by atoms with Crippen LogP contribution in [0, 0.1) is 17.8 Å². The van der Waals surface area contributed by atoms with Gasteiger partial charge >= 0.3 is 23.9 Å². The van der Waals surface area contributed by atoms with Gasteiger partial charge in [-0.15, -0.1) is 0 Å². The number of aliphatic hydroxyl groups excluding tert-OH is 3. The average Bonchev–Trinajstić information content (AvgIpc) is 2.87. The Bertz CT molecular complexity index is 1040. The Balaban J connectivity index is 3.90. The van der Waals surface area contributed by atoms with Gasteiger partial charge < -0.3 is 39.4 Å². The van der Waals surface area contributed by atoms with Crippen LogP contribution in [0.2, 0.25) is 0 Å². The van der Waals surface area contributed by atoms with Gasteiger partial charge in [-0.05, 0) is 40.2 Å². The highest BCUT2D eigenvalue weighted by atomic mass is 16.6. The molecule has 240 valence electrons. The standard InChI is InChI=1S/C30H48O12/c1-12-16(6)28(37)40-23-22(33)21(17(7)19(39-26(35)14(2)3)13-20(32)29(9,10)38)25(41-27(36)15(4)5)30(11,24(23)34)42-18(8)31/h12,14-15,19-25,32-34,38H,7,13H2,1-6,8-11H3/b16-12-/t19-,20+,21+,22+,23+,24-,25+,30-/m1/s1. The van der Waals surface area contributed by atoms with Gasteiger partial charge in [-0.3, -0.25) is 14.4 Å².